The van der Waals surface area contributed by atoms with Crippen molar-refractivity contribution in [1.82, 2.24) is 19.7 Å². The maximum Gasteiger partial charge on any atom is 0.163 e. The van der Waals surface area contributed by atoms with Gasteiger partial charge in [-0.05, 0) is 36.8 Å². The third-order valence-corrected chi connectivity index (χ3v) is 4.38. The van der Waals surface area contributed by atoms with Crippen LogP contribution in [-0.4, -0.2) is 26.4 Å². The van der Waals surface area contributed by atoms with Gasteiger partial charge in [-0.3, -0.25) is 0 Å². The number of aromatic nitrogens is 4. The second-order valence-corrected chi connectivity index (χ2v) is 6.60. The zero-order chi connectivity index (χ0) is 19.9. The van der Waals surface area contributed by atoms with Crippen molar-refractivity contribution in [3.63, 3.8) is 0 Å². The standard InChI is InChI=1S/C23H23N5O/c1-2-3-16-29-20-12-10-19(11-13-20)25-21-17-22(28-15-7-14-24-28)27-23(26-21)18-8-5-4-6-9-18/h4-15,17H,2-3,16H2,1H3,(H,25,26,27). The summed E-state index contributed by atoms with van der Waals surface area (Å²) in [6.07, 6.45) is 5.77. The molecular formula is C23H23N5O. The molecule has 0 aliphatic heterocycles. The molecule has 0 atom stereocenters. The van der Waals surface area contributed by atoms with Gasteiger partial charge in [-0.1, -0.05) is 43.7 Å². The van der Waals surface area contributed by atoms with Gasteiger partial charge in [0.15, 0.2) is 11.6 Å². The van der Waals surface area contributed by atoms with E-state index in [0.29, 0.717) is 17.5 Å². The van der Waals surface area contributed by atoms with E-state index in [2.05, 4.69) is 22.3 Å². The monoisotopic (exact) mass is 385 g/mol. The first-order chi connectivity index (χ1) is 14.3. The number of hydrogen-bond donors (Lipinski definition) is 1. The molecule has 2 heterocycles. The van der Waals surface area contributed by atoms with E-state index in [1.807, 2.05) is 72.9 Å². The SMILES string of the molecule is CCCCOc1ccc(Nc2cc(-n3cccn3)nc(-c3ccccc3)n2)cc1. The number of rotatable bonds is 8. The van der Waals surface area contributed by atoms with Gasteiger partial charge < -0.3 is 10.1 Å². The van der Waals surface area contributed by atoms with Crippen LogP contribution in [0.1, 0.15) is 19.8 Å². The van der Waals surface area contributed by atoms with Gasteiger partial charge >= 0.3 is 0 Å². The highest BCUT2D eigenvalue weighted by atomic mass is 16.5. The minimum absolute atomic E-state index is 0.639. The van der Waals surface area contributed by atoms with Crippen LogP contribution >= 0.6 is 0 Å². The van der Waals surface area contributed by atoms with E-state index in [1.165, 1.54) is 0 Å². The zero-order valence-corrected chi connectivity index (χ0v) is 16.3. The number of hydrogen-bond acceptors (Lipinski definition) is 5. The Morgan fingerprint density at radius 2 is 1.79 bits per heavy atom. The largest absolute Gasteiger partial charge is 0.494 e. The van der Waals surface area contributed by atoms with E-state index < -0.39 is 0 Å². The quantitative estimate of drug-likeness (QED) is 0.420. The maximum atomic E-state index is 5.73. The molecule has 4 aromatic rings. The van der Waals surface area contributed by atoms with Crippen LogP contribution < -0.4 is 10.1 Å². The first kappa shape index (κ1) is 18.7. The molecule has 0 saturated heterocycles. The van der Waals surface area contributed by atoms with E-state index in [4.69, 9.17) is 9.72 Å². The van der Waals surface area contributed by atoms with Crippen molar-refractivity contribution in [1.29, 1.82) is 0 Å². The third-order valence-electron chi connectivity index (χ3n) is 4.38. The van der Waals surface area contributed by atoms with Crippen LogP contribution in [0.3, 0.4) is 0 Å². The second-order valence-electron chi connectivity index (χ2n) is 6.60. The summed E-state index contributed by atoms with van der Waals surface area (Å²) in [5.74, 6) is 2.91. The molecule has 2 aromatic heterocycles. The number of anilines is 2. The molecule has 4 rings (SSSR count). The summed E-state index contributed by atoms with van der Waals surface area (Å²) in [6, 6.07) is 21.6. The first-order valence-electron chi connectivity index (χ1n) is 9.76. The highest BCUT2D eigenvalue weighted by Gasteiger charge is 2.09. The van der Waals surface area contributed by atoms with Crippen LogP contribution in [0.25, 0.3) is 17.2 Å². The summed E-state index contributed by atoms with van der Waals surface area (Å²) >= 11 is 0. The topological polar surface area (TPSA) is 64.9 Å². The van der Waals surface area contributed by atoms with Crippen molar-refractivity contribution in [3.8, 4) is 23.0 Å². The molecule has 29 heavy (non-hydrogen) atoms. The average Bonchev–Trinajstić information content (AvgIpc) is 3.31. The van der Waals surface area contributed by atoms with Gasteiger partial charge in [-0.15, -0.1) is 0 Å². The fraction of sp³-hybridized carbons (Fsp3) is 0.174. The van der Waals surface area contributed by atoms with Crippen molar-refractivity contribution in [2.24, 2.45) is 0 Å². The van der Waals surface area contributed by atoms with Gasteiger partial charge in [0, 0.05) is 29.7 Å². The Labute approximate surface area is 170 Å². The highest BCUT2D eigenvalue weighted by molar-refractivity contribution is 5.63. The maximum absolute atomic E-state index is 5.73. The highest BCUT2D eigenvalue weighted by Crippen LogP contribution is 2.23. The molecule has 0 fully saturated rings. The predicted octanol–water partition coefficient (Wildman–Crippen LogP) is 5.25. The summed E-state index contributed by atoms with van der Waals surface area (Å²) in [7, 11) is 0. The molecule has 6 nitrogen and oxygen atoms in total. The smallest absolute Gasteiger partial charge is 0.163 e. The van der Waals surface area contributed by atoms with Crippen molar-refractivity contribution in [2.75, 3.05) is 11.9 Å². The fourth-order valence-corrected chi connectivity index (χ4v) is 2.85. The molecule has 0 aliphatic rings. The first-order valence-corrected chi connectivity index (χ1v) is 9.76. The Bertz CT molecular complexity index is 1030. The lowest BCUT2D eigenvalue weighted by Gasteiger charge is -2.11. The van der Waals surface area contributed by atoms with E-state index >= 15 is 0 Å². The van der Waals surface area contributed by atoms with Gasteiger partial charge in [-0.2, -0.15) is 5.10 Å². The van der Waals surface area contributed by atoms with Crippen molar-refractivity contribution in [2.45, 2.75) is 19.8 Å². The Morgan fingerprint density at radius 1 is 0.966 bits per heavy atom. The molecule has 0 unspecified atom stereocenters. The predicted molar refractivity (Wildman–Crippen MR) is 115 cm³/mol. The summed E-state index contributed by atoms with van der Waals surface area (Å²) in [5.41, 5.74) is 1.88. The lowest BCUT2D eigenvalue weighted by molar-refractivity contribution is 0.309. The van der Waals surface area contributed by atoms with Crippen LogP contribution in [0.4, 0.5) is 11.5 Å². The Hall–Kier alpha value is -3.67. The summed E-state index contributed by atoms with van der Waals surface area (Å²) in [5, 5.41) is 7.66. The molecule has 0 bridgehead atoms. The van der Waals surface area contributed by atoms with E-state index in [-0.39, 0.29) is 0 Å². The van der Waals surface area contributed by atoms with Crippen LogP contribution in [0.2, 0.25) is 0 Å². The summed E-state index contributed by atoms with van der Waals surface area (Å²) in [6.45, 7) is 2.89. The third kappa shape index (κ3) is 4.79. The van der Waals surface area contributed by atoms with Gasteiger partial charge in [-0.25, -0.2) is 14.6 Å². The van der Waals surface area contributed by atoms with Gasteiger partial charge in [0.05, 0.1) is 6.61 Å². The number of nitrogens with one attached hydrogen (secondary N) is 1. The van der Waals surface area contributed by atoms with Gasteiger partial charge in [0.2, 0.25) is 0 Å². The Morgan fingerprint density at radius 3 is 2.52 bits per heavy atom. The molecule has 0 radical (unpaired) electrons. The van der Waals surface area contributed by atoms with Crippen LogP contribution in [0.5, 0.6) is 5.75 Å². The zero-order valence-electron chi connectivity index (χ0n) is 16.3. The van der Waals surface area contributed by atoms with Crippen LogP contribution in [0, 0.1) is 0 Å². The second kappa shape index (κ2) is 9.01. The fourth-order valence-electron chi connectivity index (χ4n) is 2.85. The molecule has 0 saturated carbocycles. The normalized spacial score (nSPS) is 10.7. The Balaban J connectivity index is 1.60. The lowest BCUT2D eigenvalue weighted by Crippen LogP contribution is -2.04. The summed E-state index contributed by atoms with van der Waals surface area (Å²) in [4.78, 5) is 9.37. The Kier molecular flexibility index (Phi) is 5.81. The van der Waals surface area contributed by atoms with E-state index in [0.717, 1.165) is 36.4 Å². The average molecular weight is 385 g/mol. The summed E-state index contributed by atoms with van der Waals surface area (Å²) < 4.78 is 7.46. The molecule has 0 aliphatic carbocycles. The number of unbranched alkanes of at least 4 members (excludes halogenated alkanes) is 1. The van der Waals surface area contributed by atoms with Crippen LogP contribution in [0.15, 0.2) is 79.1 Å². The van der Waals surface area contributed by atoms with Crippen molar-refractivity contribution in [3.05, 3.63) is 79.1 Å². The number of ether oxygens (including phenoxy) is 1. The lowest BCUT2D eigenvalue weighted by atomic mass is 10.2. The van der Waals surface area contributed by atoms with Crippen molar-refractivity contribution < 1.29 is 4.74 Å². The molecule has 0 spiro atoms. The molecule has 6 heteroatoms. The number of nitrogens with zero attached hydrogens (tertiary/aromatic N) is 4. The van der Waals surface area contributed by atoms with Crippen molar-refractivity contribution >= 4 is 11.5 Å². The molecule has 146 valence electrons. The minimum atomic E-state index is 0.639. The molecule has 1 N–H and O–H groups in total. The van der Waals surface area contributed by atoms with E-state index in [9.17, 15) is 0 Å². The van der Waals surface area contributed by atoms with E-state index in [1.54, 1.807) is 10.9 Å². The van der Waals surface area contributed by atoms with Gasteiger partial charge in [0.25, 0.3) is 0 Å². The molecular weight excluding hydrogens is 362 g/mol. The van der Waals surface area contributed by atoms with Crippen LogP contribution in [-0.2, 0) is 0 Å². The molecule has 0 amide bonds. The van der Waals surface area contributed by atoms with Gasteiger partial charge in [0.1, 0.15) is 11.6 Å². The molecule has 2 aromatic carbocycles. The minimum Gasteiger partial charge on any atom is -0.494 e. The number of benzene rings is 2.